The Bertz CT molecular complexity index is 1740. The average molecular weight is 472 g/mol. The molecule has 7 heteroatoms. The number of aromatic amines is 1. The van der Waals surface area contributed by atoms with Crippen LogP contribution in [0.25, 0.3) is 39.5 Å². The van der Waals surface area contributed by atoms with E-state index in [0.717, 1.165) is 40.2 Å². The summed E-state index contributed by atoms with van der Waals surface area (Å²) in [7, 11) is 0. The molecule has 5 aromatic rings. The normalized spacial score (nSPS) is 14.9. The molecule has 3 aromatic carbocycles. The van der Waals surface area contributed by atoms with E-state index in [-0.39, 0.29) is 23.1 Å². The second-order valence-electron chi connectivity index (χ2n) is 8.77. The van der Waals surface area contributed by atoms with Crippen molar-refractivity contribution in [3.63, 3.8) is 0 Å². The van der Waals surface area contributed by atoms with Crippen LogP contribution in [0.2, 0.25) is 0 Å². The lowest BCUT2D eigenvalue weighted by molar-refractivity contribution is 0.254. The van der Waals surface area contributed by atoms with Gasteiger partial charge in [-0.15, -0.1) is 0 Å². The zero-order chi connectivity index (χ0) is 24.6. The van der Waals surface area contributed by atoms with Crippen molar-refractivity contribution >= 4 is 22.6 Å². The highest BCUT2D eigenvalue weighted by molar-refractivity contribution is 5.91. The largest absolute Gasteiger partial charge is 0.490 e. The minimum Gasteiger partial charge on any atom is -0.490 e. The topological polar surface area (TPSA) is 96.6 Å². The number of rotatable bonds is 4. The van der Waals surface area contributed by atoms with E-state index in [4.69, 9.17) is 9.84 Å². The minimum atomic E-state index is -0.287. The van der Waals surface area contributed by atoms with E-state index >= 15 is 0 Å². The molecule has 36 heavy (non-hydrogen) atoms. The lowest BCUT2D eigenvalue weighted by atomic mass is 10.0. The first-order valence-corrected chi connectivity index (χ1v) is 11.7. The number of ether oxygens (including phenoxy) is 1. The zero-order valence-electron chi connectivity index (χ0n) is 19.5. The molecular weight excluding hydrogens is 450 g/mol. The first kappa shape index (κ1) is 21.6. The summed E-state index contributed by atoms with van der Waals surface area (Å²) < 4.78 is 7.66. The van der Waals surface area contributed by atoms with E-state index in [9.17, 15) is 10.1 Å². The molecule has 0 fully saturated rings. The van der Waals surface area contributed by atoms with E-state index in [2.05, 4.69) is 29.0 Å². The smallest absolute Gasteiger partial charge is 0.259 e. The third-order valence-electron chi connectivity index (χ3n) is 6.22. The molecule has 0 aliphatic carbocycles. The Morgan fingerprint density at radius 3 is 2.78 bits per heavy atom. The van der Waals surface area contributed by atoms with Gasteiger partial charge in [-0.05, 0) is 61.0 Å². The van der Waals surface area contributed by atoms with Gasteiger partial charge in [-0.1, -0.05) is 30.3 Å². The molecule has 0 saturated heterocycles. The first-order chi connectivity index (χ1) is 17.6. The number of allylic oxidation sites excluding steroid dienone is 1. The molecule has 0 bridgehead atoms. The molecule has 1 aliphatic heterocycles. The fourth-order valence-electron chi connectivity index (χ4n) is 4.52. The number of hydrogen-bond donors (Lipinski definition) is 1. The number of fused-ring (bicyclic) bond motifs is 2. The maximum absolute atomic E-state index is 12.6. The standard InChI is InChI=1S/C29H21N5O2/c1-18-13-20-14-19(11-12-26(20)36-18)27-22(17-34(33-27)23-7-3-2-4-8-23)15-21(16-30)28-31-25-10-6-5-9-24(25)29(35)32-28/h2-12,14-15,17-18H,13H2,1H3,(H,31,32,35)/b21-15-. The van der Waals surface area contributed by atoms with Gasteiger partial charge in [-0.2, -0.15) is 10.4 Å². The van der Waals surface area contributed by atoms with Crippen LogP contribution in [0.3, 0.4) is 0 Å². The molecule has 1 unspecified atom stereocenters. The van der Waals surface area contributed by atoms with Crippen molar-refractivity contribution in [2.75, 3.05) is 0 Å². The summed E-state index contributed by atoms with van der Waals surface area (Å²) in [5, 5.41) is 15.4. The van der Waals surface area contributed by atoms with E-state index in [1.807, 2.05) is 54.7 Å². The van der Waals surface area contributed by atoms with Crippen LogP contribution in [0.15, 0.2) is 83.8 Å². The molecular formula is C29H21N5O2. The highest BCUT2D eigenvalue weighted by Gasteiger charge is 2.21. The Morgan fingerprint density at radius 1 is 1.14 bits per heavy atom. The third-order valence-corrected chi connectivity index (χ3v) is 6.22. The maximum atomic E-state index is 12.6. The summed E-state index contributed by atoms with van der Waals surface area (Å²) in [6.07, 6.45) is 4.58. The second kappa shape index (κ2) is 8.67. The summed E-state index contributed by atoms with van der Waals surface area (Å²) in [5.74, 6) is 1.11. The van der Waals surface area contributed by atoms with Crippen molar-refractivity contribution < 1.29 is 4.74 Å². The number of benzene rings is 3. The van der Waals surface area contributed by atoms with Gasteiger partial charge in [0.05, 0.1) is 22.2 Å². The van der Waals surface area contributed by atoms with Gasteiger partial charge in [0, 0.05) is 23.7 Å². The number of nitriles is 1. The lowest BCUT2D eigenvalue weighted by Crippen LogP contribution is -2.11. The van der Waals surface area contributed by atoms with Crippen LogP contribution >= 0.6 is 0 Å². The predicted octanol–water partition coefficient (Wildman–Crippen LogP) is 5.16. The number of nitrogens with one attached hydrogen (secondary N) is 1. The molecule has 7 nitrogen and oxygen atoms in total. The van der Waals surface area contributed by atoms with Crippen molar-refractivity contribution in [2.45, 2.75) is 19.4 Å². The zero-order valence-corrected chi connectivity index (χ0v) is 19.5. The van der Waals surface area contributed by atoms with Crippen LogP contribution in [0.4, 0.5) is 0 Å². The molecule has 3 heterocycles. The summed E-state index contributed by atoms with van der Waals surface area (Å²) in [6, 6.07) is 25.1. The summed E-state index contributed by atoms with van der Waals surface area (Å²) >= 11 is 0. The van der Waals surface area contributed by atoms with E-state index in [1.165, 1.54) is 0 Å². The van der Waals surface area contributed by atoms with Gasteiger partial charge in [0.25, 0.3) is 5.56 Å². The van der Waals surface area contributed by atoms with Gasteiger partial charge in [-0.3, -0.25) is 4.79 Å². The number of hydrogen-bond acceptors (Lipinski definition) is 5. The van der Waals surface area contributed by atoms with Gasteiger partial charge >= 0.3 is 0 Å². The molecule has 1 atom stereocenters. The van der Waals surface area contributed by atoms with Crippen LogP contribution < -0.4 is 10.3 Å². The van der Waals surface area contributed by atoms with Crippen LogP contribution in [0, 0.1) is 11.3 Å². The Hall–Kier alpha value is -4.96. The van der Waals surface area contributed by atoms with E-state index < -0.39 is 0 Å². The molecule has 174 valence electrons. The van der Waals surface area contributed by atoms with Crippen LogP contribution in [-0.2, 0) is 6.42 Å². The van der Waals surface area contributed by atoms with Crippen molar-refractivity contribution in [3.05, 3.63) is 106 Å². The third kappa shape index (κ3) is 3.85. The monoisotopic (exact) mass is 471 g/mol. The average Bonchev–Trinajstić information content (AvgIpc) is 3.49. The summed E-state index contributed by atoms with van der Waals surface area (Å²) in [6.45, 7) is 2.05. The molecule has 1 N–H and O–H groups in total. The molecule has 0 amide bonds. The summed E-state index contributed by atoms with van der Waals surface area (Å²) in [4.78, 5) is 19.9. The Balaban J connectivity index is 1.51. The van der Waals surface area contributed by atoms with Crippen LogP contribution in [-0.4, -0.2) is 25.9 Å². The number of nitrogens with zero attached hydrogens (tertiary/aromatic N) is 4. The fourth-order valence-corrected chi connectivity index (χ4v) is 4.52. The summed E-state index contributed by atoms with van der Waals surface area (Å²) in [5.41, 5.74) is 4.89. The minimum absolute atomic E-state index is 0.137. The van der Waals surface area contributed by atoms with Crippen LogP contribution in [0.5, 0.6) is 5.75 Å². The molecule has 0 radical (unpaired) electrons. The Morgan fingerprint density at radius 2 is 1.94 bits per heavy atom. The van der Waals surface area contributed by atoms with Crippen molar-refractivity contribution in [3.8, 4) is 28.8 Å². The Labute approximate surface area is 206 Å². The predicted molar refractivity (Wildman–Crippen MR) is 139 cm³/mol. The number of aromatic nitrogens is 4. The van der Waals surface area contributed by atoms with Gasteiger partial charge in [0.15, 0.2) is 5.82 Å². The van der Waals surface area contributed by atoms with Crippen molar-refractivity contribution in [1.82, 2.24) is 19.7 Å². The SMILES string of the molecule is CC1Cc2cc(-c3nn(-c4ccccc4)cc3/C=C(/C#N)c3nc4ccccc4c(=O)[nH]3)ccc2O1. The molecule has 0 spiro atoms. The first-order valence-electron chi connectivity index (χ1n) is 11.7. The Kier molecular flexibility index (Phi) is 5.20. The number of H-pyrrole nitrogens is 1. The number of para-hydroxylation sites is 2. The fraction of sp³-hybridized carbons (Fsp3) is 0.103. The molecule has 0 saturated carbocycles. The van der Waals surface area contributed by atoms with Crippen molar-refractivity contribution in [2.24, 2.45) is 0 Å². The van der Waals surface area contributed by atoms with Gasteiger partial charge in [-0.25, -0.2) is 9.67 Å². The van der Waals surface area contributed by atoms with Gasteiger partial charge in [0.1, 0.15) is 23.6 Å². The van der Waals surface area contributed by atoms with E-state index in [1.54, 1.807) is 29.0 Å². The highest BCUT2D eigenvalue weighted by Crippen LogP contribution is 2.34. The molecule has 1 aliphatic rings. The van der Waals surface area contributed by atoms with Gasteiger partial charge in [0.2, 0.25) is 0 Å². The van der Waals surface area contributed by atoms with Crippen molar-refractivity contribution in [1.29, 1.82) is 5.26 Å². The second-order valence-corrected chi connectivity index (χ2v) is 8.77. The van der Waals surface area contributed by atoms with E-state index in [0.29, 0.717) is 10.9 Å². The molecule has 2 aromatic heterocycles. The molecule has 6 rings (SSSR count). The highest BCUT2D eigenvalue weighted by atomic mass is 16.5. The van der Waals surface area contributed by atoms with Crippen LogP contribution in [0.1, 0.15) is 23.9 Å². The quantitative estimate of drug-likeness (QED) is 0.365. The van der Waals surface area contributed by atoms with Gasteiger partial charge < -0.3 is 9.72 Å². The maximum Gasteiger partial charge on any atom is 0.259 e. The lowest BCUT2D eigenvalue weighted by Gasteiger charge is -2.05.